The number of nitrogens with two attached hydrogens (primary N) is 1. The van der Waals surface area contributed by atoms with Crippen molar-refractivity contribution >= 4 is 23.3 Å². The molecule has 18 heavy (non-hydrogen) atoms. The summed E-state index contributed by atoms with van der Waals surface area (Å²) < 4.78 is 4.53. The highest BCUT2D eigenvalue weighted by Gasteiger charge is 2.10. The normalized spacial score (nSPS) is 10.1. The summed E-state index contributed by atoms with van der Waals surface area (Å²) >= 11 is 5.85. The standard InChI is InChI=1S/C9H9ClN6O2/c10-6-1-5(2-12-8(6)15-11)9(17)13-3-7-14-4-18-16-7/h1-2,4H,3,11H2,(H,12,15)(H,13,17). The zero-order valence-corrected chi connectivity index (χ0v) is 9.81. The number of carbonyl (C=O) groups is 1. The molecule has 8 nitrogen and oxygen atoms in total. The lowest BCUT2D eigenvalue weighted by molar-refractivity contribution is 0.0949. The third-order valence-electron chi connectivity index (χ3n) is 2.05. The molecule has 0 fully saturated rings. The fourth-order valence-electron chi connectivity index (χ4n) is 1.20. The van der Waals surface area contributed by atoms with Crippen LogP contribution in [0.4, 0.5) is 5.82 Å². The predicted molar refractivity (Wildman–Crippen MR) is 62.5 cm³/mol. The molecule has 0 saturated heterocycles. The number of aromatic nitrogens is 3. The highest BCUT2D eigenvalue weighted by molar-refractivity contribution is 6.33. The molecule has 2 heterocycles. The summed E-state index contributed by atoms with van der Waals surface area (Å²) in [7, 11) is 0. The SMILES string of the molecule is NNc1ncc(C(=O)NCc2ncon2)cc1Cl. The van der Waals surface area contributed by atoms with Crippen LogP contribution in [0.2, 0.25) is 5.02 Å². The lowest BCUT2D eigenvalue weighted by Crippen LogP contribution is -2.23. The second-order valence-electron chi connectivity index (χ2n) is 3.23. The van der Waals surface area contributed by atoms with Crippen molar-refractivity contribution in [2.75, 3.05) is 5.43 Å². The summed E-state index contributed by atoms with van der Waals surface area (Å²) in [6.07, 6.45) is 2.54. The van der Waals surface area contributed by atoms with E-state index in [-0.39, 0.29) is 17.5 Å². The molecule has 4 N–H and O–H groups in total. The summed E-state index contributed by atoms with van der Waals surface area (Å²) in [5.74, 6) is 5.50. The quantitative estimate of drug-likeness (QED) is 0.540. The topological polar surface area (TPSA) is 119 Å². The minimum atomic E-state index is -0.349. The van der Waals surface area contributed by atoms with Gasteiger partial charge < -0.3 is 15.3 Å². The summed E-state index contributed by atoms with van der Waals surface area (Å²) in [5.41, 5.74) is 2.62. The molecule has 2 aromatic rings. The van der Waals surface area contributed by atoms with Crippen LogP contribution >= 0.6 is 11.6 Å². The third-order valence-corrected chi connectivity index (χ3v) is 2.34. The molecule has 0 atom stereocenters. The van der Waals surface area contributed by atoms with Gasteiger partial charge in [-0.2, -0.15) is 4.98 Å². The molecule has 0 radical (unpaired) electrons. The molecule has 1 amide bonds. The Kier molecular flexibility index (Phi) is 3.70. The van der Waals surface area contributed by atoms with Crippen LogP contribution in [0.25, 0.3) is 0 Å². The third kappa shape index (κ3) is 2.73. The van der Waals surface area contributed by atoms with Crippen LogP contribution in [-0.2, 0) is 6.54 Å². The van der Waals surface area contributed by atoms with Crippen molar-refractivity contribution in [1.29, 1.82) is 0 Å². The molecule has 0 spiro atoms. The van der Waals surface area contributed by atoms with Gasteiger partial charge in [0.25, 0.3) is 5.91 Å². The number of rotatable bonds is 4. The average molecular weight is 269 g/mol. The van der Waals surface area contributed by atoms with Gasteiger partial charge in [0, 0.05) is 6.20 Å². The van der Waals surface area contributed by atoms with E-state index in [9.17, 15) is 4.79 Å². The number of halogens is 1. The zero-order valence-electron chi connectivity index (χ0n) is 9.05. The summed E-state index contributed by atoms with van der Waals surface area (Å²) in [6.45, 7) is 0.157. The summed E-state index contributed by atoms with van der Waals surface area (Å²) in [5, 5.41) is 6.40. The Hall–Kier alpha value is -2.19. The molecule has 0 aliphatic rings. The summed E-state index contributed by atoms with van der Waals surface area (Å²) in [4.78, 5) is 19.4. The maximum atomic E-state index is 11.7. The first-order chi connectivity index (χ1) is 8.70. The van der Waals surface area contributed by atoms with E-state index in [1.54, 1.807) is 0 Å². The first-order valence-electron chi connectivity index (χ1n) is 4.86. The van der Waals surface area contributed by atoms with Gasteiger partial charge in [0.15, 0.2) is 11.6 Å². The fourth-order valence-corrected chi connectivity index (χ4v) is 1.42. The Bertz CT molecular complexity index is 544. The van der Waals surface area contributed by atoms with E-state index in [1.165, 1.54) is 18.7 Å². The Balaban J connectivity index is 2.02. The van der Waals surface area contributed by atoms with Crippen LogP contribution in [-0.4, -0.2) is 21.0 Å². The number of amides is 1. The van der Waals surface area contributed by atoms with Gasteiger partial charge in [0.05, 0.1) is 17.1 Å². The van der Waals surface area contributed by atoms with Gasteiger partial charge in [0.2, 0.25) is 6.39 Å². The minimum Gasteiger partial charge on any atom is -0.345 e. The Labute approximate surface area is 106 Å². The lowest BCUT2D eigenvalue weighted by atomic mass is 10.2. The number of nitrogens with zero attached hydrogens (tertiary/aromatic N) is 3. The van der Waals surface area contributed by atoms with Gasteiger partial charge in [-0.05, 0) is 6.07 Å². The number of hydrogen-bond donors (Lipinski definition) is 3. The second-order valence-corrected chi connectivity index (χ2v) is 3.64. The van der Waals surface area contributed by atoms with Gasteiger partial charge in [-0.1, -0.05) is 16.8 Å². The molecule has 0 bridgehead atoms. The highest BCUT2D eigenvalue weighted by Crippen LogP contribution is 2.18. The highest BCUT2D eigenvalue weighted by atomic mass is 35.5. The Morgan fingerprint density at radius 2 is 2.33 bits per heavy atom. The molecule has 94 valence electrons. The zero-order chi connectivity index (χ0) is 13.0. The smallest absolute Gasteiger partial charge is 0.253 e. The summed E-state index contributed by atoms with van der Waals surface area (Å²) in [6, 6.07) is 1.45. The first kappa shape index (κ1) is 12.3. The number of hydrazine groups is 1. The molecule has 0 aromatic carbocycles. The number of pyridine rings is 1. The van der Waals surface area contributed by atoms with Gasteiger partial charge in [0.1, 0.15) is 0 Å². The second kappa shape index (κ2) is 5.43. The van der Waals surface area contributed by atoms with Crippen molar-refractivity contribution in [1.82, 2.24) is 20.4 Å². The van der Waals surface area contributed by atoms with Gasteiger partial charge in [-0.3, -0.25) is 4.79 Å². The van der Waals surface area contributed by atoms with Crippen LogP contribution in [0.3, 0.4) is 0 Å². The van der Waals surface area contributed by atoms with Crippen LogP contribution in [0.1, 0.15) is 16.2 Å². The molecule has 9 heteroatoms. The van der Waals surface area contributed by atoms with Gasteiger partial charge >= 0.3 is 0 Å². The van der Waals surface area contributed by atoms with E-state index in [0.717, 1.165) is 0 Å². The van der Waals surface area contributed by atoms with E-state index < -0.39 is 0 Å². The van der Waals surface area contributed by atoms with E-state index in [2.05, 4.69) is 30.4 Å². The molecular weight excluding hydrogens is 260 g/mol. The molecule has 0 saturated carbocycles. The van der Waals surface area contributed by atoms with E-state index in [1.807, 2.05) is 0 Å². The maximum Gasteiger partial charge on any atom is 0.253 e. The Morgan fingerprint density at radius 3 is 2.94 bits per heavy atom. The monoisotopic (exact) mass is 268 g/mol. The number of hydrogen-bond acceptors (Lipinski definition) is 7. The van der Waals surface area contributed by atoms with Crippen LogP contribution in [0.15, 0.2) is 23.2 Å². The van der Waals surface area contributed by atoms with Crippen molar-refractivity contribution in [3.63, 3.8) is 0 Å². The minimum absolute atomic E-state index is 0.157. The van der Waals surface area contributed by atoms with Gasteiger partial charge in [-0.15, -0.1) is 0 Å². The first-order valence-corrected chi connectivity index (χ1v) is 5.24. The molecule has 2 rings (SSSR count). The maximum absolute atomic E-state index is 11.7. The van der Waals surface area contributed by atoms with Crippen LogP contribution < -0.4 is 16.6 Å². The van der Waals surface area contributed by atoms with E-state index >= 15 is 0 Å². The van der Waals surface area contributed by atoms with Crippen molar-refractivity contribution in [2.45, 2.75) is 6.54 Å². The van der Waals surface area contributed by atoms with Crippen molar-refractivity contribution in [3.05, 3.63) is 35.1 Å². The predicted octanol–water partition coefficient (Wildman–Crippen LogP) is 0.334. The van der Waals surface area contributed by atoms with Crippen molar-refractivity contribution in [2.24, 2.45) is 5.84 Å². The molecule has 0 aliphatic carbocycles. The number of anilines is 1. The number of carbonyl (C=O) groups excluding carboxylic acids is 1. The van der Waals surface area contributed by atoms with E-state index in [4.69, 9.17) is 17.4 Å². The molecule has 2 aromatic heterocycles. The van der Waals surface area contributed by atoms with Crippen LogP contribution in [0.5, 0.6) is 0 Å². The number of nitrogen functional groups attached to an aromatic ring is 1. The lowest BCUT2D eigenvalue weighted by Gasteiger charge is -2.05. The molecular formula is C9H9ClN6O2. The number of nitrogens with one attached hydrogen (secondary N) is 2. The average Bonchev–Trinajstić information content (AvgIpc) is 2.89. The van der Waals surface area contributed by atoms with Gasteiger partial charge in [-0.25, -0.2) is 10.8 Å². The van der Waals surface area contributed by atoms with Crippen LogP contribution in [0, 0.1) is 0 Å². The van der Waals surface area contributed by atoms with Crippen molar-refractivity contribution < 1.29 is 9.32 Å². The molecule has 0 aliphatic heterocycles. The van der Waals surface area contributed by atoms with E-state index in [0.29, 0.717) is 17.2 Å². The van der Waals surface area contributed by atoms with Crippen molar-refractivity contribution in [3.8, 4) is 0 Å². The Morgan fingerprint density at radius 1 is 1.50 bits per heavy atom. The largest absolute Gasteiger partial charge is 0.345 e. The molecule has 0 unspecified atom stereocenters. The fraction of sp³-hybridized carbons (Fsp3) is 0.111.